The zero-order valence-corrected chi connectivity index (χ0v) is 17.2. The Morgan fingerprint density at radius 2 is 1.48 bits per heavy atom. The number of rotatable bonds is 6. The summed E-state index contributed by atoms with van der Waals surface area (Å²) in [5.41, 5.74) is 0. The lowest BCUT2D eigenvalue weighted by Gasteiger charge is -2.36. The fraction of sp³-hybridized carbons (Fsp3) is 0.632. The van der Waals surface area contributed by atoms with Crippen LogP contribution in [0.3, 0.4) is 0 Å². The zero-order valence-electron chi connectivity index (χ0n) is 15.6. The predicted molar refractivity (Wildman–Crippen MR) is 107 cm³/mol. The molecule has 3 rings (SSSR count). The summed E-state index contributed by atoms with van der Waals surface area (Å²) in [6.07, 6.45) is 3.45. The molecule has 1 amide bonds. The second-order valence-electron chi connectivity index (χ2n) is 7.33. The van der Waals surface area contributed by atoms with Gasteiger partial charge in [-0.3, -0.25) is 14.6 Å². The summed E-state index contributed by atoms with van der Waals surface area (Å²) in [6.45, 7) is 5.98. The summed E-state index contributed by atoms with van der Waals surface area (Å²) in [5, 5.41) is 0.532. The smallest absolute Gasteiger partial charge is 0.236 e. The number of nitrogens with zero attached hydrogens (tertiary/aromatic N) is 3. The lowest BCUT2D eigenvalue weighted by atomic mass is 10.1. The summed E-state index contributed by atoms with van der Waals surface area (Å²) in [7, 11) is -3.30. The van der Waals surface area contributed by atoms with Crippen LogP contribution in [0.5, 0.6) is 0 Å². The van der Waals surface area contributed by atoms with Gasteiger partial charge in [0.05, 0.1) is 17.2 Å². The Morgan fingerprint density at radius 1 is 0.889 bits per heavy atom. The van der Waals surface area contributed by atoms with Gasteiger partial charge in [-0.15, -0.1) is 0 Å². The average molecular weight is 414 g/mol. The van der Waals surface area contributed by atoms with Gasteiger partial charge in [-0.2, -0.15) is 0 Å². The van der Waals surface area contributed by atoms with E-state index in [0.717, 1.165) is 52.1 Å². The van der Waals surface area contributed by atoms with Crippen molar-refractivity contribution in [2.45, 2.75) is 24.2 Å². The lowest BCUT2D eigenvalue weighted by molar-refractivity contribution is -0.133. The topological polar surface area (TPSA) is 60.9 Å². The van der Waals surface area contributed by atoms with Gasteiger partial charge in [0, 0.05) is 50.8 Å². The Morgan fingerprint density at radius 3 is 2.11 bits per heavy atom. The van der Waals surface area contributed by atoms with E-state index in [-0.39, 0.29) is 11.7 Å². The highest BCUT2D eigenvalue weighted by Crippen LogP contribution is 2.16. The van der Waals surface area contributed by atoms with E-state index in [2.05, 4.69) is 9.80 Å². The third-order valence-corrected chi connectivity index (χ3v) is 7.34. The number of halogens is 1. The molecular formula is C19H28ClN3O3S. The van der Waals surface area contributed by atoms with Crippen molar-refractivity contribution in [1.29, 1.82) is 0 Å². The molecule has 2 aliphatic heterocycles. The van der Waals surface area contributed by atoms with Crippen molar-refractivity contribution >= 4 is 27.3 Å². The number of carbonyl (C=O) groups is 1. The first-order chi connectivity index (χ1) is 12.9. The molecule has 0 N–H and O–H groups in total. The van der Waals surface area contributed by atoms with Crippen LogP contribution in [0.25, 0.3) is 0 Å². The number of hydrogen-bond donors (Lipinski definition) is 0. The van der Waals surface area contributed by atoms with Crippen molar-refractivity contribution in [1.82, 2.24) is 14.7 Å². The van der Waals surface area contributed by atoms with E-state index in [4.69, 9.17) is 11.6 Å². The molecule has 1 aromatic rings. The summed E-state index contributed by atoms with van der Waals surface area (Å²) < 4.78 is 24.9. The summed E-state index contributed by atoms with van der Waals surface area (Å²) in [6, 6.07) is 6.32. The van der Waals surface area contributed by atoms with Crippen molar-refractivity contribution < 1.29 is 13.2 Å². The second kappa shape index (κ2) is 9.37. The van der Waals surface area contributed by atoms with Gasteiger partial charge in [-0.25, -0.2) is 8.42 Å². The zero-order chi connectivity index (χ0) is 19.3. The minimum absolute atomic E-state index is 0.0986. The highest BCUT2D eigenvalue weighted by Gasteiger charge is 2.24. The lowest BCUT2D eigenvalue weighted by Crippen LogP contribution is -2.51. The van der Waals surface area contributed by atoms with E-state index in [0.29, 0.717) is 23.0 Å². The number of benzene rings is 1. The Labute approximate surface area is 167 Å². The largest absolute Gasteiger partial charge is 0.342 e. The molecule has 6 nitrogen and oxygen atoms in total. The van der Waals surface area contributed by atoms with Gasteiger partial charge in [0.15, 0.2) is 9.84 Å². The fourth-order valence-electron chi connectivity index (χ4n) is 3.61. The fourth-order valence-corrected chi connectivity index (χ4v) is 5.03. The summed E-state index contributed by atoms with van der Waals surface area (Å²) >= 11 is 5.83. The molecule has 0 unspecified atom stereocenters. The first-order valence-electron chi connectivity index (χ1n) is 9.65. The minimum Gasteiger partial charge on any atom is -0.342 e. The van der Waals surface area contributed by atoms with Crippen LogP contribution in [0.15, 0.2) is 29.2 Å². The molecule has 0 atom stereocenters. The quantitative estimate of drug-likeness (QED) is 0.711. The number of sulfone groups is 1. The van der Waals surface area contributed by atoms with Crippen molar-refractivity contribution in [2.24, 2.45) is 0 Å². The highest BCUT2D eigenvalue weighted by molar-refractivity contribution is 7.91. The van der Waals surface area contributed by atoms with Gasteiger partial charge >= 0.3 is 0 Å². The van der Waals surface area contributed by atoms with Crippen molar-refractivity contribution in [3.8, 4) is 0 Å². The molecule has 2 saturated heterocycles. The SMILES string of the molecule is O=C(CN1CCN(CCS(=O)(=O)c2ccc(Cl)cc2)CC1)N1CCCCC1. The first-order valence-corrected chi connectivity index (χ1v) is 11.7. The molecule has 2 fully saturated rings. The molecule has 1 aromatic carbocycles. The van der Waals surface area contributed by atoms with E-state index < -0.39 is 9.84 Å². The maximum Gasteiger partial charge on any atom is 0.236 e. The molecule has 0 spiro atoms. The first kappa shape index (κ1) is 20.6. The maximum absolute atomic E-state index is 12.4. The number of carbonyl (C=O) groups excluding carboxylic acids is 1. The normalized spacial score (nSPS) is 20.0. The number of piperidine rings is 1. The number of likely N-dealkylation sites (tertiary alicyclic amines) is 1. The number of piperazine rings is 1. The molecule has 0 radical (unpaired) electrons. The Bertz CT molecular complexity index is 725. The molecule has 2 heterocycles. The van der Waals surface area contributed by atoms with Gasteiger partial charge in [0.25, 0.3) is 0 Å². The molecule has 0 bridgehead atoms. The van der Waals surface area contributed by atoms with E-state index in [9.17, 15) is 13.2 Å². The third-order valence-electron chi connectivity index (χ3n) is 5.38. The Balaban J connectivity index is 1.41. The highest BCUT2D eigenvalue weighted by atomic mass is 35.5. The third kappa shape index (κ3) is 5.91. The molecule has 0 aromatic heterocycles. The minimum atomic E-state index is -3.30. The predicted octanol–water partition coefficient (Wildman–Crippen LogP) is 1.74. The number of hydrogen-bond acceptors (Lipinski definition) is 5. The van der Waals surface area contributed by atoms with Gasteiger partial charge in [-0.05, 0) is 43.5 Å². The van der Waals surface area contributed by atoms with Crippen LogP contribution < -0.4 is 0 Å². The van der Waals surface area contributed by atoms with Gasteiger partial charge in [-0.1, -0.05) is 11.6 Å². The van der Waals surface area contributed by atoms with Crippen LogP contribution in [0.1, 0.15) is 19.3 Å². The average Bonchev–Trinajstić information content (AvgIpc) is 2.68. The maximum atomic E-state index is 12.4. The van der Waals surface area contributed by atoms with Gasteiger partial charge < -0.3 is 4.90 Å². The Kier molecular flexibility index (Phi) is 7.14. The van der Waals surface area contributed by atoms with Crippen LogP contribution >= 0.6 is 11.6 Å². The Hall–Kier alpha value is -1.15. The molecule has 0 saturated carbocycles. The van der Waals surface area contributed by atoms with Crippen molar-refractivity contribution in [2.75, 3.05) is 58.1 Å². The van der Waals surface area contributed by atoms with Crippen molar-refractivity contribution in [3.63, 3.8) is 0 Å². The number of amides is 1. The van der Waals surface area contributed by atoms with E-state index in [1.807, 2.05) is 4.90 Å². The standard InChI is InChI=1S/C19H28ClN3O3S/c20-17-4-6-18(7-5-17)27(25,26)15-14-21-10-12-22(13-11-21)16-19(24)23-8-2-1-3-9-23/h4-7H,1-3,8-16H2. The second-order valence-corrected chi connectivity index (χ2v) is 9.88. The molecule has 2 aliphatic rings. The summed E-state index contributed by atoms with van der Waals surface area (Å²) in [4.78, 5) is 19.0. The summed E-state index contributed by atoms with van der Waals surface area (Å²) in [5.74, 6) is 0.329. The van der Waals surface area contributed by atoms with Gasteiger partial charge in [0.1, 0.15) is 0 Å². The monoisotopic (exact) mass is 413 g/mol. The van der Waals surface area contributed by atoms with E-state index in [1.165, 1.54) is 6.42 Å². The van der Waals surface area contributed by atoms with E-state index >= 15 is 0 Å². The molecule has 8 heteroatoms. The van der Waals surface area contributed by atoms with Crippen LogP contribution in [0.2, 0.25) is 5.02 Å². The molecule has 150 valence electrons. The van der Waals surface area contributed by atoms with Crippen LogP contribution in [-0.4, -0.2) is 87.1 Å². The van der Waals surface area contributed by atoms with Crippen LogP contribution in [-0.2, 0) is 14.6 Å². The molecular weight excluding hydrogens is 386 g/mol. The van der Waals surface area contributed by atoms with Crippen LogP contribution in [0, 0.1) is 0 Å². The van der Waals surface area contributed by atoms with E-state index in [1.54, 1.807) is 24.3 Å². The molecule has 0 aliphatic carbocycles. The van der Waals surface area contributed by atoms with Crippen LogP contribution in [0.4, 0.5) is 0 Å². The van der Waals surface area contributed by atoms with Gasteiger partial charge in [0.2, 0.25) is 5.91 Å². The van der Waals surface area contributed by atoms with Crippen molar-refractivity contribution in [3.05, 3.63) is 29.3 Å². The molecule has 27 heavy (non-hydrogen) atoms.